The van der Waals surface area contributed by atoms with E-state index in [0.29, 0.717) is 5.82 Å². The molecule has 2 rings (SSSR count). The average molecular weight is 187 g/mol. The van der Waals surface area contributed by atoms with Gasteiger partial charge in [0.25, 0.3) is 5.82 Å². The van der Waals surface area contributed by atoms with Crippen molar-refractivity contribution >= 4 is 11.5 Å². The summed E-state index contributed by atoms with van der Waals surface area (Å²) in [5.74, 6) is 0.478. The fraction of sp³-hybridized carbons (Fsp3) is 0.455. The van der Waals surface area contributed by atoms with Gasteiger partial charge in [-0.2, -0.15) is 0 Å². The number of rotatable bonds is 1. The zero-order valence-corrected chi connectivity index (χ0v) is 8.11. The Labute approximate surface area is 84.2 Å². The first-order valence-electron chi connectivity index (χ1n) is 4.98. The van der Waals surface area contributed by atoms with Crippen molar-refractivity contribution in [2.75, 3.05) is 18.0 Å². The number of aromatic nitrogens is 1. The molecule has 1 aliphatic rings. The van der Waals surface area contributed by atoms with Crippen LogP contribution in [0.5, 0.6) is 0 Å². The van der Waals surface area contributed by atoms with Crippen molar-refractivity contribution in [3.63, 3.8) is 0 Å². The van der Waals surface area contributed by atoms with Crippen LogP contribution >= 0.6 is 0 Å². The van der Waals surface area contributed by atoms with Gasteiger partial charge in [-0.3, -0.25) is 0 Å². The summed E-state index contributed by atoms with van der Waals surface area (Å²) in [7, 11) is 0. The minimum Gasteiger partial charge on any atom is -0.369 e. The van der Waals surface area contributed by atoms with E-state index in [9.17, 15) is 0 Å². The second kappa shape index (κ2) is 4.10. The minimum absolute atomic E-state index is 0.478. The predicted octanol–water partition coefficient (Wildman–Crippen LogP) is 2.62. The van der Waals surface area contributed by atoms with Crippen LogP contribution in [0.3, 0.4) is 0 Å². The molecule has 1 saturated heterocycles. The molecule has 3 heteroatoms. The molecule has 3 nitrogen and oxygen atoms in total. The normalized spacial score (nSPS) is 16.4. The maximum absolute atomic E-state index is 6.81. The summed E-state index contributed by atoms with van der Waals surface area (Å²) in [5, 5.41) is 0. The van der Waals surface area contributed by atoms with Crippen molar-refractivity contribution in [3.05, 3.63) is 29.7 Å². The van der Waals surface area contributed by atoms with Crippen LogP contribution in [-0.4, -0.2) is 18.1 Å². The molecule has 0 aliphatic carbocycles. The molecule has 0 aromatic carbocycles. The maximum Gasteiger partial charge on any atom is 0.269 e. The van der Waals surface area contributed by atoms with Gasteiger partial charge in [0.05, 0.1) is 5.69 Å². The van der Waals surface area contributed by atoms with E-state index in [2.05, 4.69) is 14.7 Å². The summed E-state index contributed by atoms with van der Waals surface area (Å²) in [4.78, 5) is 9.69. The van der Waals surface area contributed by atoms with Crippen molar-refractivity contribution in [2.24, 2.45) is 0 Å². The van der Waals surface area contributed by atoms with Gasteiger partial charge in [0.1, 0.15) is 6.20 Å². The molecular formula is C11H13N3. The number of nitrogens with zero attached hydrogens (tertiary/aromatic N) is 3. The Morgan fingerprint density at radius 2 is 2.00 bits per heavy atom. The van der Waals surface area contributed by atoms with Gasteiger partial charge in [-0.25, -0.2) is 0 Å². The Hall–Kier alpha value is -1.56. The average Bonchev–Trinajstić information content (AvgIpc) is 2.30. The van der Waals surface area contributed by atoms with Crippen LogP contribution < -0.4 is 4.90 Å². The highest BCUT2D eigenvalue weighted by atomic mass is 15.1. The van der Waals surface area contributed by atoms with Crippen molar-refractivity contribution in [3.8, 4) is 0 Å². The molecule has 0 bridgehead atoms. The highest BCUT2D eigenvalue weighted by Gasteiger charge is 2.11. The summed E-state index contributed by atoms with van der Waals surface area (Å²) >= 11 is 0. The first-order chi connectivity index (χ1) is 6.90. The summed E-state index contributed by atoms with van der Waals surface area (Å²) in [6.45, 7) is 9.06. The SMILES string of the molecule is [C-]#[N+]c1ccc(N2CCCCC2)cn1. The third-order valence-electron chi connectivity index (χ3n) is 2.57. The van der Waals surface area contributed by atoms with Crippen LogP contribution in [0.4, 0.5) is 11.5 Å². The van der Waals surface area contributed by atoms with Crippen molar-refractivity contribution in [1.29, 1.82) is 0 Å². The lowest BCUT2D eigenvalue weighted by molar-refractivity contribution is 0.577. The van der Waals surface area contributed by atoms with Crippen LogP contribution in [-0.2, 0) is 0 Å². The summed E-state index contributed by atoms with van der Waals surface area (Å²) in [6.07, 6.45) is 5.68. The van der Waals surface area contributed by atoms with E-state index in [0.717, 1.165) is 18.8 Å². The van der Waals surface area contributed by atoms with Crippen molar-refractivity contribution in [2.45, 2.75) is 19.3 Å². The highest BCUT2D eigenvalue weighted by molar-refractivity contribution is 5.49. The monoisotopic (exact) mass is 187 g/mol. The molecule has 0 radical (unpaired) electrons. The second-order valence-corrected chi connectivity index (χ2v) is 3.53. The van der Waals surface area contributed by atoms with Gasteiger partial charge in [-0.05, 0) is 31.4 Å². The second-order valence-electron chi connectivity index (χ2n) is 3.53. The quantitative estimate of drug-likeness (QED) is 0.630. The Bertz CT molecular complexity index is 331. The molecule has 0 unspecified atom stereocenters. The fourth-order valence-electron chi connectivity index (χ4n) is 1.78. The molecular weight excluding hydrogens is 174 g/mol. The van der Waals surface area contributed by atoms with Crippen LogP contribution in [0.2, 0.25) is 0 Å². The Morgan fingerprint density at radius 1 is 1.21 bits per heavy atom. The lowest BCUT2D eigenvalue weighted by atomic mass is 10.1. The smallest absolute Gasteiger partial charge is 0.269 e. The van der Waals surface area contributed by atoms with Crippen molar-refractivity contribution in [1.82, 2.24) is 4.98 Å². The molecule has 1 aromatic heterocycles. The standard InChI is InChI=1S/C11H13N3/c1-12-11-6-5-10(9-13-11)14-7-3-2-4-8-14/h5-6,9H,2-4,7-8H2. The Kier molecular flexibility index (Phi) is 2.64. The number of piperidine rings is 1. The van der Waals surface area contributed by atoms with Crippen LogP contribution in [0.15, 0.2) is 18.3 Å². The third kappa shape index (κ3) is 1.85. The maximum atomic E-state index is 6.81. The number of pyridine rings is 1. The molecule has 0 saturated carbocycles. The number of anilines is 1. The van der Waals surface area contributed by atoms with Gasteiger partial charge >= 0.3 is 0 Å². The van der Waals surface area contributed by atoms with Crippen molar-refractivity contribution < 1.29 is 0 Å². The largest absolute Gasteiger partial charge is 0.369 e. The van der Waals surface area contributed by atoms with E-state index in [1.165, 1.54) is 19.3 Å². The first-order valence-corrected chi connectivity index (χ1v) is 4.98. The Morgan fingerprint density at radius 3 is 2.57 bits per heavy atom. The molecule has 1 aliphatic heterocycles. The molecule has 2 heterocycles. The minimum atomic E-state index is 0.478. The summed E-state index contributed by atoms with van der Waals surface area (Å²) < 4.78 is 0. The van der Waals surface area contributed by atoms with Gasteiger partial charge in [0.2, 0.25) is 0 Å². The van der Waals surface area contributed by atoms with Gasteiger partial charge in [0, 0.05) is 13.1 Å². The van der Waals surface area contributed by atoms with E-state index in [-0.39, 0.29) is 0 Å². The zero-order valence-electron chi connectivity index (χ0n) is 8.11. The molecule has 1 fully saturated rings. The van der Waals surface area contributed by atoms with E-state index in [4.69, 9.17) is 6.57 Å². The lowest BCUT2D eigenvalue weighted by Gasteiger charge is -2.27. The van der Waals surface area contributed by atoms with E-state index >= 15 is 0 Å². The molecule has 0 atom stereocenters. The molecule has 14 heavy (non-hydrogen) atoms. The number of hydrogen-bond acceptors (Lipinski definition) is 2. The molecule has 0 spiro atoms. The van der Waals surface area contributed by atoms with E-state index < -0.39 is 0 Å². The third-order valence-corrected chi connectivity index (χ3v) is 2.57. The first kappa shape index (κ1) is 9.01. The lowest BCUT2D eigenvalue weighted by Crippen LogP contribution is -2.29. The summed E-state index contributed by atoms with van der Waals surface area (Å²) in [5.41, 5.74) is 1.15. The van der Waals surface area contributed by atoms with Gasteiger partial charge in [-0.1, -0.05) is 6.57 Å². The topological polar surface area (TPSA) is 20.5 Å². The zero-order chi connectivity index (χ0) is 9.80. The molecule has 0 amide bonds. The Balaban J connectivity index is 2.12. The van der Waals surface area contributed by atoms with Crippen LogP contribution in [0.1, 0.15) is 19.3 Å². The van der Waals surface area contributed by atoms with Crippen LogP contribution in [0, 0.1) is 6.57 Å². The highest BCUT2D eigenvalue weighted by Crippen LogP contribution is 2.20. The summed E-state index contributed by atoms with van der Waals surface area (Å²) in [6, 6.07) is 3.78. The van der Waals surface area contributed by atoms with Crippen LogP contribution in [0.25, 0.3) is 4.85 Å². The molecule has 72 valence electrons. The van der Waals surface area contributed by atoms with Gasteiger partial charge < -0.3 is 9.74 Å². The van der Waals surface area contributed by atoms with E-state index in [1.807, 2.05) is 6.07 Å². The van der Waals surface area contributed by atoms with E-state index in [1.54, 1.807) is 12.3 Å². The molecule has 1 aromatic rings. The fourth-order valence-corrected chi connectivity index (χ4v) is 1.78. The molecule has 0 N–H and O–H groups in total. The predicted molar refractivity (Wildman–Crippen MR) is 56.6 cm³/mol. The van der Waals surface area contributed by atoms with Gasteiger partial charge in [0.15, 0.2) is 0 Å². The van der Waals surface area contributed by atoms with Gasteiger partial charge in [-0.15, -0.1) is 4.98 Å². The number of hydrogen-bond donors (Lipinski definition) is 0.